The van der Waals surface area contributed by atoms with E-state index in [0.717, 1.165) is 18.6 Å². The molecule has 0 amide bonds. The average molecular weight is 292 g/mol. The van der Waals surface area contributed by atoms with Crippen LogP contribution in [-0.2, 0) is 14.3 Å². The highest BCUT2D eigenvalue weighted by Gasteiger charge is 2.53. The molecule has 21 heavy (non-hydrogen) atoms. The number of aryl methyl sites for hydroxylation is 1. The van der Waals surface area contributed by atoms with Crippen molar-refractivity contribution in [1.82, 2.24) is 0 Å². The van der Waals surface area contributed by atoms with Crippen LogP contribution in [0.1, 0.15) is 38.7 Å². The molecule has 116 valence electrons. The van der Waals surface area contributed by atoms with Crippen LogP contribution in [0.5, 0.6) is 5.75 Å². The van der Waals surface area contributed by atoms with Gasteiger partial charge in [0.1, 0.15) is 5.75 Å². The van der Waals surface area contributed by atoms with Crippen LogP contribution in [0, 0.1) is 6.92 Å². The summed E-state index contributed by atoms with van der Waals surface area (Å²) >= 11 is 0. The summed E-state index contributed by atoms with van der Waals surface area (Å²) in [6.07, 6.45) is 2.18. The number of carbonyl (C=O) groups is 1. The molecule has 4 heteroatoms. The molecule has 0 aliphatic carbocycles. The fourth-order valence-corrected chi connectivity index (χ4v) is 2.08. The van der Waals surface area contributed by atoms with Gasteiger partial charge in [0.2, 0.25) is 0 Å². The molecule has 1 saturated heterocycles. The third-order valence-electron chi connectivity index (χ3n) is 3.73. The van der Waals surface area contributed by atoms with Crippen molar-refractivity contribution in [3.8, 4) is 5.75 Å². The van der Waals surface area contributed by atoms with Gasteiger partial charge in [-0.05, 0) is 50.8 Å². The Hall–Kier alpha value is -1.55. The van der Waals surface area contributed by atoms with Crippen molar-refractivity contribution in [2.75, 3.05) is 13.2 Å². The predicted octanol–water partition coefficient (Wildman–Crippen LogP) is 3.26. The molecule has 0 aromatic heterocycles. The maximum atomic E-state index is 12.0. The van der Waals surface area contributed by atoms with E-state index in [9.17, 15) is 4.79 Å². The Bertz CT molecular complexity index is 479. The monoisotopic (exact) mass is 292 g/mol. The van der Waals surface area contributed by atoms with Crippen molar-refractivity contribution < 1.29 is 19.0 Å². The van der Waals surface area contributed by atoms with Gasteiger partial charge >= 0.3 is 5.97 Å². The topological polar surface area (TPSA) is 48.1 Å². The fourth-order valence-electron chi connectivity index (χ4n) is 2.08. The minimum Gasteiger partial charge on any atom is -0.494 e. The molecular weight excluding hydrogens is 268 g/mol. The van der Waals surface area contributed by atoms with Crippen LogP contribution in [0.2, 0.25) is 0 Å². The summed E-state index contributed by atoms with van der Waals surface area (Å²) in [6.45, 7) is 6.96. The molecule has 2 rings (SSSR count). The fraction of sp³-hybridized carbons (Fsp3) is 0.588. The molecule has 0 N–H and O–H groups in total. The van der Waals surface area contributed by atoms with E-state index in [2.05, 4.69) is 0 Å². The van der Waals surface area contributed by atoms with E-state index in [1.54, 1.807) is 0 Å². The Kier molecular flexibility index (Phi) is 5.23. The first-order valence-electron chi connectivity index (χ1n) is 7.60. The second kappa shape index (κ2) is 6.94. The number of esters is 1. The first-order valence-corrected chi connectivity index (χ1v) is 7.60. The summed E-state index contributed by atoms with van der Waals surface area (Å²) < 4.78 is 16.4. The molecule has 1 aromatic rings. The van der Waals surface area contributed by atoms with Crippen molar-refractivity contribution in [2.24, 2.45) is 0 Å². The molecule has 0 spiro atoms. The summed E-state index contributed by atoms with van der Waals surface area (Å²) in [5.41, 5.74) is 0.464. The van der Waals surface area contributed by atoms with Crippen molar-refractivity contribution in [3.05, 3.63) is 29.8 Å². The second-order valence-corrected chi connectivity index (χ2v) is 5.68. The van der Waals surface area contributed by atoms with Gasteiger partial charge < -0.3 is 14.2 Å². The molecule has 1 aliphatic heterocycles. The van der Waals surface area contributed by atoms with Gasteiger partial charge in [0, 0.05) is 0 Å². The summed E-state index contributed by atoms with van der Waals surface area (Å²) in [6, 6.07) is 7.94. The maximum Gasteiger partial charge on any atom is 0.341 e. The van der Waals surface area contributed by atoms with Gasteiger partial charge in [-0.2, -0.15) is 0 Å². The van der Waals surface area contributed by atoms with Gasteiger partial charge in [0.15, 0.2) is 5.60 Å². The Balaban J connectivity index is 1.72. The highest BCUT2D eigenvalue weighted by molar-refractivity contribution is 5.82. The van der Waals surface area contributed by atoms with E-state index in [1.807, 2.05) is 45.0 Å². The lowest BCUT2D eigenvalue weighted by molar-refractivity contribution is -0.155. The van der Waals surface area contributed by atoms with Crippen LogP contribution in [0.25, 0.3) is 0 Å². The highest BCUT2D eigenvalue weighted by atomic mass is 16.6. The zero-order valence-electron chi connectivity index (χ0n) is 13.1. The molecular formula is C17H24O4. The van der Waals surface area contributed by atoms with Crippen molar-refractivity contribution in [2.45, 2.75) is 51.7 Å². The zero-order chi connectivity index (χ0) is 15.3. The molecule has 2 atom stereocenters. The number of carbonyl (C=O) groups excluding carboxylic acids is 1. The van der Waals surface area contributed by atoms with Crippen LogP contribution in [0.15, 0.2) is 24.3 Å². The van der Waals surface area contributed by atoms with E-state index in [1.165, 1.54) is 5.56 Å². The van der Waals surface area contributed by atoms with E-state index in [4.69, 9.17) is 14.2 Å². The Labute approximate surface area is 126 Å². The van der Waals surface area contributed by atoms with Crippen molar-refractivity contribution in [3.63, 3.8) is 0 Å². The van der Waals surface area contributed by atoms with Crippen LogP contribution >= 0.6 is 0 Å². The van der Waals surface area contributed by atoms with Crippen LogP contribution in [0.4, 0.5) is 0 Å². The molecule has 1 heterocycles. The number of epoxide rings is 1. The van der Waals surface area contributed by atoms with E-state index < -0.39 is 5.60 Å². The summed E-state index contributed by atoms with van der Waals surface area (Å²) in [5.74, 6) is 0.635. The number of ether oxygens (including phenoxy) is 3. The lowest BCUT2D eigenvalue weighted by Crippen LogP contribution is -2.30. The highest BCUT2D eigenvalue weighted by Crippen LogP contribution is 2.34. The first-order chi connectivity index (χ1) is 10.1. The van der Waals surface area contributed by atoms with Crippen molar-refractivity contribution >= 4 is 5.97 Å². The molecule has 0 radical (unpaired) electrons. The third-order valence-corrected chi connectivity index (χ3v) is 3.73. The number of benzene rings is 1. The summed E-state index contributed by atoms with van der Waals surface area (Å²) in [5, 5.41) is 0. The zero-order valence-corrected chi connectivity index (χ0v) is 13.1. The van der Waals surface area contributed by atoms with Gasteiger partial charge in [-0.15, -0.1) is 0 Å². The summed E-state index contributed by atoms with van der Waals surface area (Å²) in [4.78, 5) is 12.0. The normalized spacial score (nSPS) is 21.7. The number of hydrogen-bond acceptors (Lipinski definition) is 4. The minimum absolute atomic E-state index is 0.0536. The quantitative estimate of drug-likeness (QED) is 0.419. The van der Waals surface area contributed by atoms with Crippen LogP contribution in [0.3, 0.4) is 0 Å². The molecule has 1 aromatic carbocycles. The third kappa shape index (κ3) is 4.46. The SMILES string of the molecule is CCC(C)OC(=O)C1(CCCOc2cccc(C)c2)CO1. The smallest absolute Gasteiger partial charge is 0.341 e. The molecule has 4 nitrogen and oxygen atoms in total. The number of rotatable bonds is 8. The van der Waals surface area contributed by atoms with Gasteiger partial charge in [-0.25, -0.2) is 4.79 Å². The van der Waals surface area contributed by atoms with Gasteiger partial charge in [0.05, 0.1) is 19.3 Å². The molecule has 1 aliphatic rings. The molecule has 0 saturated carbocycles. The number of hydrogen-bond donors (Lipinski definition) is 0. The second-order valence-electron chi connectivity index (χ2n) is 5.68. The van der Waals surface area contributed by atoms with E-state index in [-0.39, 0.29) is 12.1 Å². The van der Waals surface area contributed by atoms with Crippen molar-refractivity contribution in [1.29, 1.82) is 0 Å². The van der Waals surface area contributed by atoms with Crippen LogP contribution < -0.4 is 4.74 Å². The predicted molar refractivity (Wildman–Crippen MR) is 80.4 cm³/mol. The van der Waals surface area contributed by atoms with E-state index in [0.29, 0.717) is 19.6 Å². The van der Waals surface area contributed by atoms with Gasteiger partial charge in [-0.1, -0.05) is 19.1 Å². The van der Waals surface area contributed by atoms with E-state index >= 15 is 0 Å². The molecule has 0 bridgehead atoms. The first kappa shape index (κ1) is 15.8. The largest absolute Gasteiger partial charge is 0.494 e. The molecule has 2 unspecified atom stereocenters. The van der Waals surface area contributed by atoms with Crippen LogP contribution in [-0.4, -0.2) is 30.9 Å². The Morgan fingerprint density at radius 3 is 2.86 bits per heavy atom. The lowest BCUT2D eigenvalue weighted by atomic mass is 10.1. The molecule has 1 fully saturated rings. The lowest BCUT2D eigenvalue weighted by Gasteiger charge is -2.15. The van der Waals surface area contributed by atoms with Gasteiger partial charge in [-0.3, -0.25) is 0 Å². The minimum atomic E-state index is -0.709. The Morgan fingerprint density at radius 2 is 2.24 bits per heavy atom. The average Bonchev–Trinajstić information content (AvgIpc) is 3.25. The standard InChI is InChI=1S/C17H24O4/c1-4-14(3)21-16(18)17(12-20-17)9-6-10-19-15-8-5-7-13(2)11-15/h5,7-8,11,14H,4,6,9-10,12H2,1-3H3. The summed E-state index contributed by atoms with van der Waals surface area (Å²) in [7, 11) is 0. The van der Waals surface area contributed by atoms with Gasteiger partial charge in [0.25, 0.3) is 0 Å². The maximum absolute atomic E-state index is 12.0. The Morgan fingerprint density at radius 1 is 1.48 bits per heavy atom.